The van der Waals surface area contributed by atoms with Crippen LogP contribution in [0.4, 0.5) is 52.7 Å². The summed E-state index contributed by atoms with van der Waals surface area (Å²) >= 11 is 0. The third-order valence-electron chi connectivity index (χ3n) is 7.63. The normalized spacial score (nSPS) is 17.9. The summed E-state index contributed by atoms with van der Waals surface area (Å²) < 4.78 is 178. The highest BCUT2D eigenvalue weighted by molar-refractivity contribution is 6.69. The zero-order valence-corrected chi connectivity index (χ0v) is 26.7. The number of hydrogen-bond acceptors (Lipinski definition) is 1. The van der Waals surface area contributed by atoms with Gasteiger partial charge in [0.25, 0.3) is 0 Å². The lowest BCUT2D eigenvalue weighted by molar-refractivity contribution is -0.557. The maximum Gasteiger partial charge on any atom is 0.416 e. The summed E-state index contributed by atoms with van der Waals surface area (Å²) in [5.74, 6) is 0. The molecule has 48 heavy (non-hydrogen) atoms. The summed E-state index contributed by atoms with van der Waals surface area (Å²) in [6, 6.07) is 8.35. The molecule has 0 spiro atoms. The average molecular weight is 713 g/mol. The summed E-state index contributed by atoms with van der Waals surface area (Å²) in [5, 5.41) is 0. The van der Waals surface area contributed by atoms with Crippen LogP contribution in [0.3, 0.4) is 0 Å². The first-order valence-corrected chi connectivity index (χ1v) is 17.9. The maximum atomic E-state index is 14.2. The van der Waals surface area contributed by atoms with E-state index in [-0.39, 0.29) is 31.5 Å². The van der Waals surface area contributed by atoms with E-state index in [0.717, 1.165) is 5.56 Å². The minimum Gasteiger partial charge on any atom is -0.399 e. The SMILES string of the molecule is C[Si](C)(C)OC(c1cc(C(F)(F)F)cc(C(F)(F)F)c1)(c1cc(C(F)(F)F)cc(C(F)(F)F)c1)C1CCC[N+]1=C/C=C/c1ccccc1. The molecule has 1 atom stereocenters. The Balaban J connectivity index is 2.18. The molecule has 0 aromatic heterocycles. The molecule has 4 rings (SSSR count). The van der Waals surface area contributed by atoms with Crippen LogP contribution in [0, 0.1) is 0 Å². The molecule has 1 aliphatic heterocycles. The number of nitrogens with zero attached hydrogens (tertiary/aromatic N) is 1. The van der Waals surface area contributed by atoms with Crippen LogP contribution in [0.2, 0.25) is 19.6 Å². The van der Waals surface area contributed by atoms with Crippen LogP contribution in [-0.2, 0) is 34.7 Å². The molecule has 0 radical (unpaired) electrons. The first-order valence-electron chi connectivity index (χ1n) is 14.5. The molecule has 1 fully saturated rings. The van der Waals surface area contributed by atoms with Gasteiger partial charge in [-0.2, -0.15) is 52.7 Å². The van der Waals surface area contributed by atoms with Gasteiger partial charge in [0.05, 0.1) is 22.3 Å². The van der Waals surface area contributed by atoms with Crippen molar-refractivity contribution in [2.45, 2.75) is 68.8 Å². The van der Waals surface area contributed by atoms with Gasteiger partial charge >= 0.3 is 24.7 Å². The van der Waals surface area contributed by atoms with Gasteiger partial charge in [0, 0.05) is 18.9 Å². The van der Waals surface area contributed by atoms with Gasteiger partial charge in [-0.3, -0.25) is 0 Å². The highest BCUT2D eigenvalue weighted by Gasteiger charge is 2.56. The second-order valence-corrected chi connectivity index (χ2v) is 16.8. The minimum atomic E-state index is -5.37. The molecule has 2 nitrogen and oxygen atoms in total. The number of halogens is 12. The smallest absolute Gasteiger partial charge is 0.399 e. The Bertz CT molecular complexity index is 1520. The van der Waals surface area contributed by atoms with E-state index in [1.165, 1.54) is 36.5 Å². The van der Waals surface area contributed by atoms with Crippen molar-refractivity contribution in [3.05, 3.63) is 112 Å². The van der Waals surface area contributed by atoms with Gasteiger partial charge in [-0.1, -0.05) is 30.3 Å². The van der Waals surface area contributed by atoms with Gasteiger partial charge in [-0.25, -0.2) is 4.58 Å². The number of allylic oxidation sites excluding steroid dienone is 1. The maximum absolute atomic E-state index is 14.2. The van der Waals surface area contributed by atoms with Crippen LogP contribution in [0.15, 0.2) is 72.8 Å². The van der Waals surface area contributed by atoms with E-state index in [2.05, 4.69) is 0 Å². The first-order chi connectivity index (χ1) is 21.9. The van der Waals surface area contributed by atoms with Crippen molar-refractivity contribution < 1.29 is 61.7 Å². The third kappa shape index (κ3) is 8.51. The monoisotopic (exact) mass is 712 g/mol. The van der Waals surface area contributed by atoms with Gasteiger partial charge < -0.3 is 4.43 Å². The Morgan fingerprint density at radius 3 is 1.40 bits per heavy atom. The summed E-state index contributed by atoms with van der Waals surface area (Å²) in [6.07, 6.45) is -16.7. The van der Waals surface area contributed by atoms with E-state index < -0.39 is 78.0 Å². The molecule has 15 heteroatoms. The van der Waals surface area contributed by atoms with Crippen molar-refractivity contribution in [3.63, 3.8) is 0 Å². The number of rotatable bonds is 7. The van der Waals surface area contributed by atoms with Crippen molar-refractivity contribution in [2.24, 2.45) is 0 Å². The fraction of sp³-hybridized carbons (Fsp3) is 0.364. The van der Waals surface area contributed by atoms with Crippen LogP contribution in [0.1, 0.15) is 51.8 Å². The standard InChI is InChI=1S/C33H30F12NOSi/c1-48(2,3)47-29(22-15-24(30(34,35)36)19-25(16-22)31(37,38)39,23-17-26(32(40,41)42)20-27(18-23)33(43,44)45)28-12-8-14-46(28)13-7-11-21-9-5-4-6-10-21/h4-7,9-11,13,15-20,28H,8,12,14H2,1-3H3/q+1/b11-7+,46-13?. The van der Waals surface area contributed by atoms with Crippen molar-refractivity contribution in [3.8, 4) is 0 Å². The van der Waals surface area contributed by atoms with Crippen LogP contribution in [0.25, 0.3) is 6.08 Å². The van der Waals surface area contributed by atoms with Gasteiger partial charge in [-0.15, -0.1) is 0 Å². The van der Waals surface area contributed by atoms with Crippen molar-refractivity contribution >= 4 is 20.6 Å². The molecular formula is C33H30F12NOSi+. The third-order valence-corrected chi connectivity index (χ3v) is 8.56. The molecule has 1 heterocycles. The molecule has 3 aromatic rings. The lowest BCUT2D eigenvalue weighted by atomic mass is 9.77. The average Bonchev–Trinajstić information content (AvgIpc) is 3.42. The lowest BCUT2D eigenvalue weighted by Crippen LogP contribution is -2.52. The van der Waals surface area contributed by atoms with Crippen LogP contribution >= 0.6 is 0 Å². The van der Waals surface area contributed by atoms with Gasteiger partial charge in [0.1, 0.15) is 6.54 Å². The first kappa shape index (κ1) is 37.2. The fourth-order valence-corrected chi connectivity index (χ4v) is 7.13. The van der Waals surface area contributed by atoms with E-state index in [0.29, 0.717) is 24.3 Å². The predicted octanol–water partition coefficient (Wildman–Crippen LogP) is 10.8. The largest absolute Gasteiger partial charge is 0.416 e. The Labute approximate surface area is 269 Å². The zero-order valence-electron chi connectivity index (χ0n) is 25.7. The van der Waals surface area contributed by atoms with E-state index in [4.69, 9.17) is 4.43 Å². The summed E-state index contributed by atoms with van der Waals surface area (Å²) in [7, 11) is -3.28. The molecule has 0 saturated carbocycles. The molecule has 260 valence electrons. The number of hydrogen-bond donors (Lipinski definition) is 0. The van der Waals surface area contributed by atoms with Crippen LogP contribution < -0.4 is 0 Å². The molecule has 0 amide bonds. The Hall–Kier alpha value is -3.59. The predicted molar refractivity (Wildman–Crippen MR) is 158 cm³/mol. The number of benzene rings is 3. The molecule has 1 saturated heterocycles. The number of alkyl halides is 12. The van der Waals surface area contributed by atoms with Crippen molar-refractivity contribution in [1.29, 1.82) is 0 Å². The van der Waals surface area contributed by atoms with Crippen molar-refractivity contribution in [1.82, 2.24) is 0 Å². The Morgan fingerprint density at radius 1 is 0.625 bits per heavy atom. The topological polar surface area (TPSA) is 12.2 Å². The van der Waals surface area contributed by atoms with E-state index in [9.17, 15) is 52.7 Å². The fourth-order valence-electron chi connectivity index (χ4n) is 5.79. The quantitative estimate of drug-likeness (QED) is 0.135. The zero-order chi connectivity index (χ0) is 35.9. The van der Waals surface area contributed by atoms with Crippen molar-refractivity contribution in [2.75, 3.05) is 6.54 Å². The molecule has 1 unspecified atom stereocenters. The van der Waals surface area contributed by atoms with Gasteiger partial charge in [0.15, 0.2) is 26.2 Å². The highest BCUT2D eigenvalue weighted by atomic mass is 28.4. The van der Waals surface area contributed by atoms with E-state index in [1.54, 1.807) is 36.4 Å². The summed E-state index contributed by atoms with van der Waals surface area (Å²) in [5.41, 5.74) is -10.9. The van der Waals surface area contributed by atoms with Crippen LogP contribution in [0.5, 0.6) is 0 Å². The molecule has 3 aromatic carbocycles. The van der Waals surface area contributed by atoms with E-state index >= 15 is 0 Å². The molecule has 0 aliphatic carbocycles. The minimum absolute atomic E-state index is 0.0602. The van der Waals surface area contributed by atoms with E-state index in [1.807, 2.05) is 0 Å². The molecule has 0 bridgehead atoms. The van der Waals surface area contributed by atoms with Gasteiger partial charge in [-0.05, 0) is 78.8 Å². The summed E-state index contributed by atoms with van der Waals surface area (Å²) in [4.78, 5) is 0. The van der Waals surface area contributed by atoms with Gasteiger partial charge in [0.2, 0.25) is 0 Å². The second kappa shape index (κ2) is 13.0. The second-order valence-electron chi connectivity index (χ2n) is 12.4. The summed E-state index contributed by atoms with van der Waals surface area (Å²) in [6.45, 7) is 4.57. The molecular weight excluding hydrogens is 682 g/mol. The molecule has 1 aliphatic rings. The van der Waals surface area contributed by atoms with Crippen LogP contribution in [-0.4, -0.2) is 31.7 Å². The highest BCUT2D eigenvalue weighted by Crippen LogP contribution is 2.49. The lowest BCUT2D eigenvalue weighted by Gasteiger charge is -2.42. The Morgan fingerprint density at radius 2 is 1.02 bits per heavy atom. The molecule has 0 N–H and O–H groups in total. The Kier molecular flexibility index (Phi) is 10.1.